The Morgan fingerprint density at radius 3 is 2.72 bits per heavy atom. The van der Waals surface area contributed by atoms with Crippen LogP contribution in [0, 0.1) is 11.8 Å². The number of carbonyl (C=O) groups is 2. The average Bonchev–Trinajstić information content (AvgIpc) is 3.32. The first-order valence-corrected chi connectivity index (χ1v) is 13.7. The number of amides is 1. The molecule has 2 fully saturated rings. The number of aryl methyl sites for hydroxylation is 2. The van der Waals surface area contributed by atoms with E-state index in [2.05, 4.69) is 50.4 Å². The molecular weight excluding hydrogens is 454 g/mol. The van der Waals surface area contributed by atoms with Gasteiger partial charge in [0.05, 0.1) is 18.5 Å². The number of rotatable bonds is 2. The van der Waals surface area contributed by atoms with E-state index in [0.29, 0.717) is 31.3 Å². The van der Waals surface area contributed by atoms with Crippen molar-refractivity contribution in [1.29, 1.82) is 0 Å². The number of fused-ring (bicyclic) bond motifs is 5. The molecule has 8 heteroatoms. The topological polar surface area (TPSA) is 80.6 Å². The Morgan fingerprint density at radius 2 is 1.83 bits per heavy atom. The third kappa shape index (κ3) is 6.33. The third-order valence-electron chi connectivity index (χ3n) is 8.04. The van der Waals surface area contributed by atoms with Gasteiger partial charge in [0.1, 0.15) is 0 Å². The van der Waals surface area contributed by atoms with Crippen LogP contribution in [0.4, 0.5) is 0 Å². The maximum Gasteiger partial charge on any atom is 0.305 e. The van der Waals surface area contributed by atoms with E-state index in [1.165, 1.54) is 12.0 Å². The van der Waals surface area contributed by atoms with Crippen molar-refractivity contribution in [3.63, 3.8) is 0 Å². The van der Waals surface area contributed by atoms with Gasteiger partial charge in [-0.15, -0.1) is 5.10 Å². The Kier molecular flexibility index (Phi) is 8.31. The predicted molar refractivity (Wildman–Crippen MR) is 136 cm³/mol. The van der Waals surface area contributed by atoms with E-state index in [9.17, 15) is 9.59 Å². The van der Waals surface area contributed by atoms with E-state index in [4.69, 9.17) is 4.74 Å². The van der Waals surface area contributed by atoms with Crippen molar-refractivity contribution in [3.05, 3.63) is 47.8 Å². The molecule has 194 valence electrons. The highest BCUT2D eigenvalue weighted by molar-refractivity contribution is 5.76. The molecule has 5 rings (SSSR count). The molecule has 3 aliphatic rings. The smallest absolute Gasteiger partial charge is 0.305 e. The first-order chi connectivity index (χ1) is 17.7. The molecule has 2 aromatic rings. The lowest BCUT2D eigenvalue weighted by atomic mass is 9.77. The lowest BCUT2D eigenvalue weighted by molar-refractivity contribution is -0.144. The number of piperidine rings is 2. The fraction of sp³-hybridized carbons (Fsp3) is 0.643. The van der Waals surface area contributed by atoms with Crippen LogP contribution in [0.25, 0.3) is 0 Å². The summed E-state index contributed by atoms with van der Waals surface area (Å²) in [4.78, 5) is 30.6. The van der Waals surface area contributed by atoms with Crippen molar-refractivity contribution in [2.75, 3.05) is 26.2 Å². The van der Waals surface area contributed by atoms with Gasteiger partial charge in [-0.3, -0.25) is 14.5 Å². The molecule has 0 radical (unpaired) electrons. The van der Waals surface area contributed by atoms with E-state index in [1.807, 2.05) is 4.68 Å². The number of carbonyl (C=O) groups excluding carboxylic acids is 2. The summed E-state index contributed by atoms with van der Waals surface area (Å²) in [6, 6.07) is 10.9. The Morgan fingerprint density at radius 1 is 0.944 bits per heavy atom. The molecule has 1 aromatic heterocycles. The van der Waals surface area contributed by atoms with Gasteiger partial charge in [-0.1, -0.05) is 35.5 Å². The van der Waals surface area contributed by atoms with Crippen LogP contribution < -0.4 is 0 Å². The second-order valence-corrected chi connectivity index (χ2v) is 10.8. The number of hydrogen-bond donors (Lipinski definition) is 0. The number of benzene rings is 1. The van der Waals surface area contributed by atoms with Crippen LogP contribution >= 0.6 is 0 Å². The van der Waals surface area contributed by atoms with Gasteiger partial charge in [-0.25, -0.2) is 4.68 Å². The number of likely N-dealkylation sites (tertiary alicyclic amines) is 1. The minimum Gasteiger partial charge on any atom is -0.466 e. The van der Waals surface area contributed by atoms with Crippen molar-refractivity contribution >= 4 is 11.9 Å². The first kappa shape index (κ1) is 24.9. The summed E-state index contributed by atoms with van der Waals surface area (Å²) >= 11 is 0. The van der Waals surface area contributed by atoms with Gasteiger partial charge >= 0.3 is 5.97 Å². The highest BCUT2D eigenvalue weighted by Crippen LogP contribution is 2.36. The molecule has 8 nitrogen and oxygen atoms in total. The number of esters is 1. The summed E-state index contributed by atoms with van der Waals surface area (Å²) in [6.07, 6.45) is 8.94. The summed E-state index contributed by atoms with van der Waals surface area (Å²) in [6.45, 7) is 5.05. The number of cyclic esters (lactones) is 1. The molecule has 2 saturated heterocycles. The Bertz CT molecular complexity index is 1010. The molecular formula is C28H39N5O3. The zero-order chi connectivity index (χ0) is 24.7. The average molecular weight is 494 g/mol. The summed E-state index contributed by atoms with van der Waals surface area (Å²) in [5.41, 5.74) is 2.41. The fourth-order valence-corrected chi connectivity index (χ4v) is 6.39. The summed E-state index contributed by atoms with van der Waals surface area (Å²) in [7, 11) is 0. The monoisotopic (exact) mass is 493 g/mol. The van der Waals surface area contributed by atoms with Crippen LogP contribution in [-0.4, -0.2) is 69.0 Å². The molecule has 1 aromatic carbocycles. The van der Waals surface area contributed by atoms with Crippen molar-refractivity contribution < 1.29 is 14.3 Å². The van der Waals surface area contributed by atoms with E-state index in [-0.39, 0.29) is 17.9 Å². The van der Waals surface area contributed by atoms with Crippen molar-refractivity contribution in [2.24, 2.45) is 11.8 Å². The maximum atomic E-state index is 13.4. The fourth-order valence-electron chi connectivity index (χ4n) is 6.39. The molecule has 2 unspecified atom stereocenters. The zero-order valence-corrected chi connectivity index (χ0v) is 21.3. The molecule has 0 aliphatic carbocycles. The van der Waals surface area contributed by atoms with Gasteiger partial charge in [-0.2, -0.15) is 0 Å². The molecule has 4 heterocycles. The summed E-state index contributed by atoms with van der Waals surface area (Å²) in [5.74, 6) is 1.12. The quantitative estimate of drug-likeness (QED) is 0.596. The van der Waals surface area contributed by atoms with Gasteiger partial charge in [-0.05, 0) is 62.3 Å². The van der Waals surface area contributed by atoms with E-state index in [1.54, 1.807) is 6.20 Å². The standard InChI is InChI=1S/C28H39N5O3/c34-27-12-4-5-14-33-25(17-29-30-33)10-7-15-36-28(35)13-6-11-26-24-16-23(20-32(26)27)19-31(21-24)18-22-8-2-1-3-9-22/h1-3,8-9,17,23-24,26H,4-7,10-16,18-21H2/t23?,24-,26?/m0/s1. The molecule has 3 aliphatic heterocycles. The van der Waals surface area contributed by atoms with E-state index in [0.717, 1.165) is 76.9 Å². The highest BCUT2D eigenvalue weighted by Gasteiger charge is 2.42. The van der Waals surface area contributed by atoms with Gasteiger partial charge in [0.2, 0.25) is 5.91 Å². The second kappa shape index (κ2) is 12.0. The molecule has 0 saturated carbocycles. The number of ether oxygens (including phenoxy) is 1. The van der Waals surface area contributed by atoms with Crippen LogP contribution in [0.2, 0.25) is 0 Å². The van der Waals surface area contributed by atoms with Crippen LogP contribution in [0.1, 0.15) is 62.6 Å². The van der Waals surface area contributed by atoms with Crippen LogP contribution in [-0.2, 0) is 33.8 Å². The molecule has 36 heavy (non-hydrogen) atoms. The third-order valence-corrected chi connectivity index (χ3v) is 8.04. The number of nitrogens with zero attached hydrogens (tertiary/aromatic N) is 5. The summed E-state index contributed by atoms with van der Waals surface area (Å²) in [5, 5.41) is 8.26. The van der Waals surface area contributed by atoms with Crippen molar-refractivity contribution in [1.82, 2.24) is 24.8 Å². The van der Waals surface area contributed by atoms with Crippen molar-refractivity contribution in [3.8, 4) is 0 Å². The van der Waals surface area contributed by atoms with E-state index < -0.39 is 0 Å². The number of hydrogen-bond acceptors (Lipinski definition) is 6. The number of aromatic nitrogens is 3. The Balaban J connectivity index is 1.26. The lowest BCUT2D eigenvalue weighted by Gasteiger charge is -2.51. The van der Waals surface area contributed by atoms with Crippen LogP contribution in [0.15, 0.2) is 36.5 Å². The largest absolute Gasteiger partial charge is 0.466 e. The normalized spacial score (nSPS) is 27.0. The van der Waals surface area contributed by atoms with Crippen LogP contribution in [0.5, 0.6) is 0 Å². The van der Waals surface area contributed by atoms with Gasteiger partial charge in [0.25, 0.3) is 0 Å². The van der Waals surface area contributed by atoms with Crippen molar-refractivity contribution in [2.45, 2.75) is 76.9 Å². The maximum absolute atomic E-state index is 13.4. The van der Waals surface area contributed by atoms with Gasteiger partial charge in [0.15, 0.2) is 0 Å². The van der Waals surface area contributed by atoms with E-state index >= 15 is 0 Å². The Labute approximate surface area is 214 Å². The first-order valence-electron chi connectivity index (χ1n) is 13.7. The zero-order valence-electron chi connectivity index (χ0n) is 21.3. The van der Waals surface area contributed by atoms with Crippen LogP contribution in [0.3, 0.4) is 0 Å². The molecule has 3 atom stereocenters. The minimum atomic E-state index is -0.133. The highest BCUT2D eigenvalue weighted by atomic mass is 16.5. The lowest BCUT2D eigenvalue weighted by Crippen LogP contribution is -2.59. The Hall–Kier alpha value is -2.74. The molecule has 0 spiro atoms. The SMILES string of the molecule is O=C1CCCC2[C@H]3CC(CN(Cc4ccccc4)C3)CN2C(=O)CCCCn2nncc2CCCO1. The summed E-state index contributed by atoms with van der Waals surface area (Å²) < 4.78 is 7.43. The second-order valence-electron chi connectivity index (χ2n) is 10.8. The van der Waals surface area contributed by atoms with Gasteiger partial charge in [0, 0.05) is 51.6 Å². The predicted octanol–water partition coefficient (Wildman–Crippen LogP) is 3.46. The molecule has 1 amide bonds. The van der Waals surface area contributed by atoms with Gasteiger partial charge < -0.3 is 9.64 Å². The molecule has 0 N–H and O–H groups in total. The minimum absolute atomic E-state index is 0.133. The molecule has 2 bridgehead atoms.